The largest absolute Gasteiger partial charge is 0.370 e. The molecular weight excluding hydrogens is 250 g/mol. The minimum atomic E-state index is 0.551. The molecule has 1 aromatic heterocycles. The number of anilines is 1. The van der Waals surface area contributed by atoms with Crippen LogP contribution in [0.25, 0.3) is 0 Å². The molecule has 5 nitrogen and oxygen atoms in total. The number of hydrazine groups is 1. The summed E-state index contributed by atoms with van der Waals surface area (Å²) in [6.07, 6.45) is 2.38. The van der Waals surface area contributed by atoms with Crippen LogP contribution in [0.3, 0.4) is 0 Å². The maximum Gasteiger partial charge on any atom is 0.132 e. The number of nitrogens with one attached hydrogen (secondary N) is 3. The molecule has 0 bridgehead atoms. The molecule has 0 radical (unpaired) electrons. The van der Waals surface area contributed by atoms with E-state index in [4.69, 9.17) is 0 Å². The van der Waals surface area contributed by atoms with Crippen LogP contribution in [0.1, 0.15) is 43.8 Å². The van der Waals surface area contributed by atoms with E-state index in [2.05, 4.69) is 46.9 Å². The molecule has 0 aromatic carbocycles. The highest BCUT2D eigenvalue weighted by atomic mass is 15.4. The van der Waals surface area contributed by atoms with Gasteiger partial charge in [0.25, 0.3) is 0 Å². The molecule has 0 amide bonds. The Balaban J connectivity index is 1.82. The molecule has 3 N–H and O–H groups in total. The van der Waals surface area contributed by atoms with Crippen molar-refractivity contribution in [1.29, 1.82) is 0 Å². The first-order chi connectivity index (χ1) is 9.49. The van der Waals surface area contributed by atoms with Crippen LogP contribution < -0.4 is 16.2 Å². The number of aromatic nitrogens is 2. The quantitative estimate of drug-likeness (QED) is 0.719. The highest BCUT2D eigenvalue weighted by Gasteiger charge is 2.28. The lowest BCUT2D eigenvalue weighted by molar-refractivity contribution is 0.406. The summed E-state index contributed by atoms with van der Waals surface area (Å²) in [4.78, 5) is 8.86. The van der Waals surface area contributed by atoms with E-state index < -0.39 is 0 Å². The number of nitrogens with zero attached hydrogens (tertiary/aromatic N) is 2. The Bertz CT molecular complexity index is 450. The summed E-state index contributed by atoms with van der Waals surface area (Å²) >= 11 is 0. The third kappa shape index (κ3) is 3.46. The SMILES string of the molecule is Cc1nc(C)c(C)c(NCCCC2C(C)NNC2C)n1. The van der Waals surface area contributed by atoms with E-state index in [-0.39, 0.29) is 0 Å². The van der Waals surface area contributed by atoms with Crippen molar-refractivity contribution in [1.82, 2.24) is 20.8 Å². The van der Waals surface area contributed by atoms with E-state index >= 15 is 0 Å². The van der Waals surface area contributed by atoms with Crippen LogP contribution in [-0.4, -0.2) is 28.6 Å². The van der Waals surface area contributed by atoms with Crippen molar-refractivity contribution < 1.29 is 0 Å². The molecule has 0 saturated carbocycles. The first-order valence-corrected chi connectivity index (χ1v) is 7.55. The van der Waals surface area contributed by atoms with Gasteiger partial charge in [0.2, 0.25) is 0 Å². The lowest BCUT2D eigenvalue weighted by Gasteiger charge is -2.18. The van der Waals surface area contributed by atoms with E-state index in [9.17, 15) is 0 Å². The highest BCUT2D eigenvalue weighted by molar-refractivity contribution is 5.45. The molecular formula is C15H27N5. The average Bonchev–Trinajstić information content (AvgIpc) is 2.71. The fourth-order valence-corrected chi connectivity index (χ4v) is 2.90. The molecule has 1 fully saturated rings. The number of rotatable bonds is 5. The van der Waals surface area contributed by atoms with E-state index in [0.29, 0.717) is 18.0 Å². The molecule has 1 aliphatic rings. The molecule has 0 spiro atoms. The third-order valence-corrected chi connectivity index (χ3v) is 4.33. The second-order valence-corrected chi connectivity index (χ2v) is 5.93. The van der Waals surface area contributed by atoms with Crippen LogP contribution in [-0.2, 0) is 0 Å². The molecule has 0 aliphatic carbocycles. The Labute approximate surface area is 121 Å². The van der Waals surface area contributed by atoms with Gasteiger partial charge in [-0.2, -0.15) is 0 Å². The van der Waals surface area contributed by atoms with Crippen LogP contribution >= 0.6 is 0 Å². The van der Waals surface area contributed by atoms with Gasteiger partial charge < -0.3 is 5.32 Å². The van der Waals surface area contributed by atoms with E-state index in [1.165, 1.54) is 6.42 Å². The maximum atomic E-state index is 4.49. The molecule has 2 atom stereocenters. The van der Waals surface area contributed by atoms with Crippen molar-refractivity contribution in [3.8, 4) is 0 Å². The van der Waals surface area contributed by atoms with Crippen LogP contribution in [0, 0.1) is 26.7 Å². The van der Waals surface area contributed by atoms with Gasteiger partial charge in [-0.1, -0.05) is 0 Å². The van der Waals surface area contributed by atoms with E-state index in [1.54, 1.807) is 0 Å². The third-order valence-electron chi connectivity index (χ3n) is 4.33. The standard InChI is InChI=1S/C15H27N5/c1-9-10(2)17-13(5)18-15(9)16-8-6-7-14-11(3)19-20-12(14)4/h11-12,14,19-20H,6-8H2,1-5H3,(H,16,17,18). The zero-order chi connectivity index (χ0) is 14.7. The number of hydrogen-bond acceptors (Lipinski definition) is 5. The Morgan fingerprint density at radius 1 is 1.05 bits per heavy atom. The van der Waals surface area contributed by atoms with Gasteiger partial charge in [-0.25, -0.2) is 9.97 Å². The molecule has 1 aromatic rings. The Kier molecular flexibility index (Phi) is 4.94. The lowest BCUT2D eigenvalue weighted by Crippen LogP contribution is -2.30. The van der Waals surface area contributed by atoms with Crippen molar-refractivity contribution in [2.75, 3.05) is 11.9 Å². The van der Waals surface area contributed by atoms with Crippen LogP contribution in [0.5, 0.6) is 0 Å². The minimum absolute atomic E-state index is 0.551. The summed E-state index contributed by atoms with van der Waals surface area (Å²) in [7, 11) is 0. The van der Waals surface area contributed by atoms with Crippen molar-refractivity contribution in [3.05, 3.63) is 17.1 Å². The minimum Gasteiger partial charge on any atom is -0.370 e. The first-order valence-electron chi connectivity index (χ1n) is 7.55. The molecule has 1 aliphatic heterocycles. The molecule has 1 saturated heterocycles. The van der Waals surface area contributed by atoms with Gasteiger partial charge in [-0.3, -0.25) is 10.9 Å². The monoisotopic (exact) mass is 277 g/mol. The summed E-state index contributed by atoms with van der Waals surface area (Å²) in [5.74, 6) is 2.52. The van der Waals surface area contributed by atoms with Gasteiger partial charge >= 0.3 is 0 Å². The van der Waals surface area contributed by atoms with Crippen LogP contribution in [0.4, 0.5) is 5.82 Å². The predicted molar refractivity (Wildman–Crippen MR) is 82.7 cm³/mol. The molecule has 2 unspecified atom stereocenters. The summed E-state index contributed by atoms with van der Waals surface area (Å²) in [5.41, 5.74) is 8.84. The second-order valence-electron chi connectivity index (χ2n) is 5.93. The summed E-state index contributed by atoms with van der Waals surface area (Å²) in [6.45, 7) is 11.5. The van der Waals surface area contributed by atoms with Crippen molar-refractivity contribution in [2.45, 2.75) is 59.5 Å². The van der Waals surface area contributed by atoms with Gasteiger partial charge in [0.05, 0.1) is 0 Å². The molecule has 20 heavy (non-hydrogen) atoms. The Hall–Kier alpha value is -1.20. The fourth-order valence-electron chi connectivity index (χ4n) is 2.90. The fraction of sp³-hybridized carbons (Fsp3) is 0.733. The van der Waals surface area contributed by atoms with Crippen LogP contribution in [0.15, 0.2) is 0 Å². The molecule has 5 heteroatoms. The molecule has 2 rings (SSSR count). The zero-order valence-electron chi connectivity index (χ0n) is 13.2. The summed E-state index contributed by atoms with van der Waals surface area (Å²) in [5, 5.41) is 3.46. The normalized spacial score (nSPS) is 25.9. The van der Waals surface area contributed by atoms with Crippen LogP contribution in [0.2, 0.25) is 0 Å². The average molecular weight is 277 g/mol. The smallest absolute Gasteiger partial charge is 0.132 e. The van der Waals surface area contributed by atoms with E-state index in [1.807, 2.05) is 13.8 Å². The van der Waals surface area contributed by atoms with Gasteiger partial charge in [0, 0.05) is 29.9 Å². The van der Waals surface area contributed by atoms with Crippen molar-refractivity contribution in [2.24, 2.45) is 5.92 Å². The highest BCUT2D eigenvalue weighted by Crippen LogP contribution is 2.20. The Morgan fingerprint density at radius 3 is 2.35 bits per heavy atom. The summed E-state index contributed by atoms with van der Waals surface area (Å²) in [6, 6.07) is 1.10. The molecule has 112 valence electrons. The van der Waals surface area contributed by atoms with E-state index in [0.717, 1.165) is 35.9 Å². The number of hydrogen-bond donors (Lipinski definition) is 3. The lowest BCUT2D eigenvalue weighted by atomic mass is 9.92. The first kappa shape index (κ1) is 15.2. The van der Waals surface area contributed by atoms with Gasteiger partial charge in [0.1, 0.15) is 11.6 Å². The van der Waals surface area contributed by atoms with Crippen molar-refractivity contribution in [3.63, 3.8) is 0 Å². The van der Waals surface area contributed by atoms with Crippen molar-refractivity contribution >= 4 is 5.82 Å². The van der Waals surface area contributed by atoms with Gasteiger partial charge in [0.15, 0.2) is 0 Å². The predicted octanol–water partition coefficient (Wildman–Crippen LogP) is 2.09. The number of aryl methyl sites for hydroxylation is 2. The Morgan fingerprint density at radius 2 is 1.70 bits per heavy atom. The summed E-state index contributed by atoms with van der Waals surface area (Å²) < 4.78 is 0. The molecule has 2 heterocycles. The second kappa shape index (κ2) is 6.50. The topological polar surface area (TPSA) is 61.9 Å². The van der Waals surface area contributed by atoms with Gasteiger partial charge in [-0.05, 0) is 53.4 Å². The van der Waals surface area contributed by atoms with Gasteiger partial charge in [-0.15, -0.1) is 0 Å². The zero-order valence-corrected chi connectivity index (χ0v) is 13.2. The maximum absolute atomic E-state index is 4.49.